The minimum Gasteiger partial charge on any atom is -0.354 e. The van der Waals surface area contributed by atoms with Gasteiger partial charge in [0.1, 0.15) is 12.6 Å². The van der Waals surface area contributed by atoms with Gasteiger partial charge in [-0.3, -0.25) is 13.9 Å². The Labute approximate surface area is 286 Å². The van der Waals surface area contributed by atoms with E-state index in [4.69, 9.17) is 34.8 Å². The number of halogens is 3. The van der Waals surface area contributed by atoms with E-state index in [1.54, 1.807) is 48.5 Å². The molecule has 4 rings (SSSR count). The number of carbonyl (C=O) groups is 2. The summed E-state index contributed by atoms with van der Waals surface area (Å²) in [7, 11) is -4.26. The normalized spacial score (nSPS) is 12.1. The summed E-state index contributed by atoms with van der Waals surface area (Å²) in [6.07, 6.45) is 0.167. The molecule has 0 saturated carbocycles. The van der Waals surface area contributed by atoms with Crippen LogP contribution in [0.3, 0.4) is 0 Å². The Bertz CT molecular complexity index is 1750. The van der Waals surface area contributed by atoms with Crippen LogP contribution in [0, 0.1) is 12.8 Å². The van der Waals surface area contributed by atoms with Crippen LogP contribution in [0.4, 0.5) is 5.69 Å². The average molecular weight is 701 g/mol. The smallest absolute Gasteiger partial charge is 0.264 e. The fourth-order valence-electron chi connectivity index (χ4n) is 4.83. The summed E-state index contributed by atoms with van der Waals surface area (Å²) in [4.78, 5) is 29.8. The molecule has 0 spiro atoms. The summed E-state index contributed by atoms with van der Waals surface area (Å²) in [5, 5.41) is 3.87. The molecule has 4 aromatic carbocycles. The second-order valence-electron chi connectivity index (χ2n) is 11.4. The molecule has 0 heterocycles. The number of hydrogen-bond donors (Lipinski definition) is 1. The number of hydrogen-bond acceptors (Lipinski definition) is 4. The van der Waals surface area contributed by atoms with Crippen LogP contribution in [0.1, 0.15) is 30.5 Å². The van der Waals surface area contributed by atoms with E-state index in [2.05, 4.69) is 5.32 Å². The van der Waals surface area contributed by atoms with E-state index in [-0.39, 0.29) is 35.4 Å². The monoisotopic (exact) mass is 699 g/mol. The van der Waals surface area contributed by atoms with E-state index in [1.165, 1.54) is 23.1 Å². The van der Waals surface area contributed by atoms with Crippen LogP contribution in [0.5, 0.6) is 0 Å². The van der Waals surface area contributed by atoms with Crippen LogP contribution < -0.4 is 9.62 Å². The van der Waals surface area contributed by atoms with E-state index < -0.39 is 28.5 Å². The highest BCUT2D eigenvalue weighted by atomic mass is 35.5. The van der Waals surface area contributed by atoms with Crippen LogP contribution in [-0.2, 0) is 32.6 Å². The van der Waals surface area contributed by atoms with Crippen LogP contribution in [0.2, 0.25) is 15.1 Å². The molecule has 46 heavy (non-hydrogen) atoms. The second kappa shape index (κ2) is 15.8. The summed E-state index contributed by atoms with van der Waals surface area (Å²) in [6, 6.07) is 25.9. The molecule has 0 aliphatic heterocycles. The zero-order chi connectivity index (χ0) is 33.4. The van der Waals surface area contributed by atoms with Crippen molar-refractivity contribution in [1.82, 2.24) is 10.2 Å². The summed E-state index contributed by atoms with van der Waals surface area (Å²) in [5.74, 6) is -0.862. The highest BCUT2D eigenvalue weighted by molar-refractivity contribution is 7.92. The lowest BCUT2D eigenvalue weighted by molar-refractivity contribution is -0.140. The first-order valence-electron chi connectivity index (χ1n) is 14.8. The number of aryl methyl sites for hydroxylation is 1. The molecule has 1 atom stereocenters. The van der Waals surface area contributed by atoms with Crippen LogP contribution in [0.25, 0.3) is 0 Å². The molecule has 7 nitrogen and oxygen atoms in total. The standard InChI is InChI=1S/C35H36Cl3N3O4S/c1-24(2)21-39-35(43)33(19-26-9-5-4-6-10-26)40(22-30-31(37)13-8-14-32(30)38)34(42)23-41(28-12-7-11-27(36)20-28)46(44,45)29-17-15-25(3)16-18-29/h4-18,20,24,33H,19,21-23H2,1-3H3,(H,39,43)/t33-/m1/s1. The molecule has 1 N–H and O–H groups in total. The summed E-state index contributed by atoms with van der Waals surface area (Å²) >= 11 is 19.4. The Morgan fingerprint density at radius 3 is 2.07 bits per heavy atom. The van der Waals surface area contributed by atoms with Crippen molar-refractivity contribution >= 4 is 62.3 Å². The van der Waals surface area contributed by atoms with Crippen molar-refractivity contribution in [3.05, 3.63) is 129 Å². The highest BCUT2D eigenvalue weighted by Gasteiger charge is 2.35. The Morgan fingerprint density at radius 1 is 0.826 bits per heavy atom. The molecule has 0 radical (unpaired) electrons. The van der Waals surface area contributed by atoms with Gasteiger partial charge in [-0.1, -0.05) is 109 Å². The molecule has 0 unspecified atom stereocenters. The van der Waals surface area contributed by atoms with Gasteiger partial charge < -0.3 is 10.2 Å². The zero-order valence-electron chi connectivity index (χ0n) is 25.8. The van der Waals surface area contributed by atoms with E-state index in [0.717, 1.165) is 15.4 Å². The SMILES string of the molecule is Cc1ccc(S(=O)(=O)N(CC(=O)N(Cc2c(Cl)cccc2Cl)[C@H](Cc2ccccc2)C(=O)NCC(C)C)c2cccc(Cl)c2)cc1. The van der Waals surface area contributed by atoms with Gasteiger partial charge in [-0.05, 0) is 60.9 Å². The number of rotatable bonds is 13. The van der Waals surface area contributed by atoms with Crippen molar-refractivity contribution < 1.29 is 18.0 Å². The molecular formula is C35H36Cl3N3O4S. The first-order chi connectivity index (χ1) is 21.9. The number of amides is 2. The quantitative estimate of drug-likeness (QED) is 0.156. The minimum atomic E-state index is -4.26. The Morgan fingerprint density at radius 2 is 1.46 bits per heavy atom. The fraction of sp³-hybridized carbons (Fsp3) is 0.257. The fourth-order valence-corrected chi connectivity index (χ4v) is 6.94. The predicted molar refractivity (Wildman–Crippen MR) is 186 cm³/mol. The molecule has 0 saturated heterocycles. The van der Waals surface area contributed by atoms with Gasteiger partial charge in [0.25, 0.3) is 10.0 Å². The molecule has 2 amide bonds. The predicted octanol–water partition coefficient (Wildman–Crippen LogP) is 7.56. The largest absolute Gasteiger partial charge is 0.354 e. The second-order valence-corrected chi connectivity index (χ2v) is 14.5. The summed E-state index contributed by atoms with van der Waals surface area (Å²) in [5.41, 5.74) is 2.32. The van der Waals surface area contributed by atoms with E-state index in [0.29, 0.717) is 27.2 Å². The molecule has 0 aliphatic rings. The molecule has 242 valence electrons. The van der Waals surface area contributed by atoms with Crippen molar-refractivity contribution in [3.8, 4) is 0 Å². The van der Waals surface area contributed by atoms with E-state index >= 15 is 0 Å². The lowest BCUT2D eigenvalue weighted by Gasteiger charge is -2.34. The molecule has 4 aromatic rings. The van der Waals surface area contributed by atoms with Gasteiger partial charge in [-0.25, -0.2) is 8.42 Å². The van der Waals surface area contributed by atoms with Crippen molar-refractivity contribution in [2.75, 3.05) is 17.4 Å². The molecule has 0 fully saturated rings. The third-order valence-corrected chi connectivity index (χ3v) is 10.1. The van der Waals surface area contributed by atoms with Crippen molar-refractivity contribution in [2.45, 2.75) is 44.7 Å². The van der Waals surface area contributed by atoms with Gasteiger partial charge in [0.2, 0.25) is 11.8 Å². The molecule has 11 heteroatoms. The summed E-state index contributed by atoms with van der Waals surface area (Å²) < 4.78 is 29.3. The van der Waals surface area contributed by atoms with Gasteiger partial charge >= 0.3 is 0 Å². The Hall–Kier alpha value is -3.56. The summed E-state index contributed by atoms with van der Waals surface area (Å²) in [6.45, 7) is 5.41. The lowest BCUT2D eigenvalue weighted by atomic mass is 10.0. The zero-order valence-corrected chi connectivity index (χ0v) is 28.9. The van der Waals surface area contributed by atoms with Crippen LogP contribution in [-0.4, -0.2) is 44.3 Å². The van der Waals surface area contributed by atoms with Crippen LogP contribution in [0.15, 0.2) is 102 Å². The van der Waals surface area contributed by atoms with Crippen molar-refractivity contribution in [2.24, 2.45) is 5.92 Å². The molecule has 0 aromatic heterocycles. The van der Waals surface area contributed by atoms with E-state index in [9.17, 15) is 18.0 Å². The number of carbonyl (C=O) groups excluding carboxylic acids is 2. The van der Waals surface area contributed by atoms with Gasteiger partial charge in [-0.15, -0.1) is 0 Å². The lowest BCUT2D eigenvalue weighted by Crippen LogP contribution is -2.53. The molecule has 0 bridgehead atoms. The number of sulfonamides is 1. The number of anilines is 1. The van der Waals surface area contributed by atoms with Gasteiger partial charge in [-0.2, -0.15) is 0 Å². The number of benzene rings is 4. The molecular weight excluding hydrogens is 665 g/mol. The van der Waals surface area contributed by atoms with Gasteiger partial charge in [0.05, 0.1) is 10.6 Å². The highest BCUT2D eigenvalue weighted by Crippen LogP contribution is 2.30. The third kappa shape index (κ3) is 9.04. The number of nitrogens with one attached hydrogen (secondary N) is 1. The van der Waals surface area contributed by atoms with Crippen molar-refractivity contribution in [1.29, 1.82) is 0 Å². The average Bonchev–Trinajstić information content (AvgIpc) is 3.02. The van der Waals surface area contributed by atoms with Crippen molar-refractivity contribution in [3.63, 3.8) is 0 Å². The van der Waals surface area contributed by atoms with Crippen LogP contribution >= 0.6 is 34.8 Å². The maximum Gasteiger partial charge on any atom is 0.264 e. The Balaban J connectivity index is 1.83. The maximum absolute atomic E-state index is 14.6. The topological polar surface area (TPSA) is 86.8 Å². The Kier molecular flexibility index (Phi) is 12.1. The first-order valence-corrected chi connectivity index (χ1v) is 17.3. The number of nitrogens with zero attached hydrogens (tertiary/aromatic N) is 2. The van der Waals surface area contributed by atoms with Gasteiger partial charge in [0, 0.05) is 40.1 Å². The molecule has 0 aliphatic carbocycles. The maximum atomic E-state index is 14.6. The third-order valence-electron chi connectivity index (χ3n) is 7.33. The van der Waals surface area contributed by atoms with E-state index in [1.807, 2.05) is 51.1 Å². The minimum absolute atomic E-state index is 0.00193. The first kappa shape index (κ1) is 35.3. The van der Waals surface area contributed by atoms with Gasteiger partial charge in [0.15, 0.2) is 0 Å².